The SMILES string of the molecule is Nc1ccc(Cl)cc1S(=O)CCCOCC(F)(F)F. The number of anilines is 1. The van der Waals surface area contributed by atoms with Gasteiger partial charge in [-0.2, -0.15) is 13.2 Å². The fourth-order valence-corrected chi connectivity index (χ4v) is 2.72. The summed E-state index contributed by atoms with van der Waals surface area (Å²) in [6.07, 6.45) is -4.09. The van der Waals surface area contributed by atoms with Crippen molar-refractivity contribution in [1.29, 1.82) is 0 Å². The maximum Gasteiger partial charge on any atom is 0.411 e. The second-order valence-electron chi connectivity index (χ2n) is 3.75. The Hall–Kier alpha value is -0.790. The second kappa shape index (κ2) is 7.12. The maximum absolute atomic E-state index is 11.9. The predicted octanol–water partition coefficient (Wildman–Crippen LogP) is 3.00. The van der Waals surface area contributed by atoms with E-state index in [0.29, 0.717) is 15.6 Å². The van der Waals surface area contributed by atoms with Crippen molar-refractivity contribution in [3.63, 3.8) is 0 Å². The van der Waals surface area contributed by atoms with Crippen molar-refractivity contribution in [3.8, 4) is 0 Å². The van der Waals surface area contributed by atoms with E-state index in [4.69, 9.17) is 17.3 Å². The normalized spacial score (nSPS) is 13.5. The van der Waals surface area contributed by atoms with Crippen LogP contribution in [0.15, 0.2) is 23.1 Å². The van der Waals surface area contributed by atoms with Gasteiger partial charge in [-0.1, -0.05) is 11.6 Å². The van der Waals surface area contributed by atoms with Crippen LogP contribution in [-0.2, 0) is 15.5 Å². The van der Waals surface area contributed by atoms with E-state index in [2.05, 4.69) is 4.74 Å². The number of benzene rings is 1. The quantitative estimate of drug-likeness (QED) is 0.648. The summed E-state index contributed by atoms with van der Waals surface area (Å²) in [5.74, 6) is 0.169. The van der Waals surface area contributed by atoms with Crippen molar-refractivity contribution in [2.24, 2.45) is 0 Å². The first-order chi connectivity index (χ1) is 8.79. The summed E-state index contributed by atoms with van der Waals surface area (Å²) in [4.78, 5) is 0.392. The Morgan fingerprint density at radius 1 is 1.37 bits per heavy atom. The minimum Gasteiger partial charge on any atom is -0.398 e. The molecule has 0 bridgehead atoms. The van der Waals surface area contributed by atoms with Crippen LogP contribution in [0.1, 0.15) is 6.42 Å². The number of ether oxygens (including phenoxy) is 1. The van der Waals surface area contributed by atoms with Crippen LogP contribution in [0, 0.1) is 0 Å². The van der Waals surface area contributed by atoms with Gasteiger partial charge in [0.15, 0.2) is 0 Å². The Morgan fingerprint density at radius 3 is 2.68 bits per heavy atom. The molecule has 0 saturated heterocycles. The molecule has 0 aliphatic heterocycles. The fraction of sp³-hybridized carbons (Fsp3) is 0.455. The lowest BCUT2D eigenvalue weighted by atomic mass is 10.3. The molecule has 1 rings (SSSR count). The summed E-state index contributed by atoms with van der Waals surface area (Å²) in [6.45, 7) is -1.40. The van der Waals surface area contributed by atoms with Crippen LogP contribution in [0.25, 0.3) is 0 Å². The van der Waals surface area contributed by atoms with Crippen LogP contribution in [-0.4, -0.2) is 29.4 Å². The first-order valence-corrected chi connectivity index (χ1v) is 7.07. The van der Waals surface area contributed by atoms with Gasteiger partial charge in [0.25, 0.3) is 0 Å². The van der Waals surface area contributed by atoms with Crippen LogP contribution in [0.5, 0.6) is 0 Å². The minimum absolute atomic E-state index is 0.105. The molecule has 19 heavy (non-hydrogen) atoms. The topological polar surface area (TPSA) is 52.3 Å². The number of nitrogen functional groups attached to an aromatic ring is 1. The van der Waals surface area contributed by atoms with E-state index in [-0.39, 0.29) is 18.8 Å². The van der Waals surface area contributed by atoms with E-state index in [1.807, 2.05) is 0 Å². The lowest BCUT2D eigenvalue weighted by Gasteiger charge is -2.08. The van der Waals surface area contributed by atoms with Crippen LogP contribution in [0.2, 0.25) is 5.02 Å². The highest BCUT2D eigenvalue weighted by Gasteiger charge is 2.27. The summed E-state index contributed by atoms with van der Waals surface area (Å²) in [7, 11) is -1.40. The van der Waals surface area contributed by atoms with Gasteiger partial charge in [0.2, 0.25) is 0 Å². The van der Waals surface area contributed by atoms with Crippen LogP contribution in [0.4, 0.5) is 18.9 Å². The zero-order valence-electron chi connectivity index (χ0n) is 9.87. The molecule has 0 spiro atoms. The van der Waals surface area contributed by atoms with Gasteiger partial charge >= 0.3 is 6.18 Å². The number of hydrogen-bond acceptors (Lipinski definition) is 3. The highest BCUT2D eigenvalue weighted by Crippen LogP contribution is 2.21. The van der Waals surface area contributed by atoms with E-state index in [9.17, 15) is 17.4 Å². The average Bonchev–Trinajstić information content (AvgIpc) is 2.30. The van der Waals surface area contributed by atoms with Gasteiger partial charge in [0.1, 0.15) is 6.61 Å². The van der Waals surface area contributed by atoms with Crippen molar-refractivity contribution < 1.29 is 22.1 Å². The molecule has 3 nitrogen and oxygen atoms in total. The van der Waals surface area contributed by atoms with Crippen LogP contribution < -0.4 is 5.73 Å². The summed E-state index contributed by atoms with van der Waals surface area (Å²) < 4.78 is 51.7. The fourth-order valence-electron chi connectivity index (χ4n) is 1.30. The molecule has 0 aliphatic carbocycles. The van der Waals surface area contributed by atoms with Crippen molar-refractivity contribution in [2.45, 2.75) is 17.5 Å². The molecule has 0 heterocycles. The molecule has 1 unspecified atom stereocenters. The first-order valence-electron chi connectivity index (χ1n) is 5.37. The summed E-state index contributed by atoms with van der Waals surface area (Å²) in [5.41, 5.74) is 5.99. The van der Waals surface area contributed by atoms with E-state index in [1.165, 1.54) is 12.1 Å². The number of halogens is 4. The van der Waals surface area contributed by atoms with Gasteiger partial charge in [0, 0.05) is 23.1 Å². The van der Waals surface area contributed by atoms with Gasteiger partial charge in [0.05, 0.1) is 15.7 Å². The standard InChI is InChI=1S/C11H13ClF3NO2S/c12-8-2-3-9(16)10(6-8)19(17)5-1-4-18-7-11(13,14)15/h2-3,6H,1,4-5,7,16H2. The Bertz CT molecular complexity index is 454. The molecule has 0 aliphatic rings. The highest BCUT2D eigenvalue weighted by atomic mass is 35.5. The Labute approximate surface area is 116 Å². The van der Waals surface area contributed by atoms with Crippen molar-refractivity contribution in [3.05, 3.63) is 23.2 Å². The molecular weight excluding hydrogens is 303 g/mol. The lowest BCUT2D eigenvalue weighted by molar-refractivity contribution is -0.173. The molecule has 108 valence electrons. The average molecular weight is 316 g/mol. The molecule has 0 saturated carbocycles. The summed E-state index contributed by atoms with van der Waals surface area (Å²) in [6, 6.07) is 4.60. The van der Waals surface area contributed by atoms with E-state index >= 15 is 0 Å². The Kier molecular flexibility index (Phi) is 6.09. The second-order valence-corrected chi connectivity index (χ2v) is 5.73. The van der Waals surface area contributed by atoms with Crippen LogP contribution >= 0.6 is 11.6 Å². The Morgan fingerprint density at radius 2 is 2.05 bits per heavy atom. The molecule has 8 heteroatoms. The largest absolute Gasteiger partial charge is 0.411 e. The third-order valence-electron chi connectivity index (χ3n) is 2.11. The molecule has 2 N–H and O–H groups in total. The molecular formula is C11H13ClF3NO2S. The smallest absolute Gasteiger partial charge is 0.398 e. The number of alkyl halides is 3. The monoisotopic (exact) mass is 315 g/mol. The number of nitrogens with two attached hydrogens (primary N) is 1. The zero-order valence-corrected chi connectivity index (χ0v) is 11.4. The van der Waals surface area contributed by atoms with Crippen molar-refractivity contribution in [1.82, 2.24) is 0 Å². The highest BCUT2D eigenvalue weighted by molar-refractivity contribution is 7.85. The van der Waals surface area contributed by atoms with Gasteiger partial charge in [-0.05, 0) is 24.6 Å². The Balaban J connectivity index is 2.38. The zero-order chi connectivity index (χ0) is 14.5. The number of hydrogen-bond donors (Lipinski definition) is 1. The first kappa shape index (κ1) is 16.3. The van der Waals surface area contributed by atoms with Crippen molar-refractivity contribution in [2.75, 3.05) is 24.7 Å². The van der Waals surface area contributed by atoms with Gasteiger partial charge < -0.3 is 10.5 Å². The van der Waals surface area contributed by atoms with Gasteiger partial charge in [-0.25, -0.2) is 0 Å². The molecule has 1 aromatic rings. The number of rotatable bonds is 6. The maximum atomic E-state index is 11.9. The third-order valence-corrected chi connectivity index (χ3v) is 3.84. The molecule has 0 amide bonds. The predicted molar refractivity (Wildman–Crippen MR) is 68.6 cm³/mol. The molecule has 1 aromatic carbocycles. The molecule has 1 atom stereocenters. The van der Waals surface area contributed by atoms with E-state index in [0.717, 1.165) is 0 Å². The van der Waals surface area contributed by atoms with E-state index < -0.39 is 23.6 Å². The molecule has 0 fully saturated rings. The van der Waals surface area contributed by atoms with Gasteiger partial charge in [-0.15, -0.1) is 0 Å². The third kappa shape index (κ3) is 6.26. The summed E-state index contributed by atoms with van der Waals surface area (Å²) >= 11 is 5.76. The van der Waals surface area contributed by atoms with E-state index in [1.54, 1.807) is 6.07 Å². The van der Waals surface area contributed by atoms with Gasteiger partial charge in [-0.3, -0.25) is 4.21 Å². The molecule has 0 radical (unpaired) electrons. The summed E-state index contributed by atoms with van der Waals surface area (Å²) in [5, 5.41) is 0.408. The van der Waals surface area contributed by atoms with Crippen molar-refractivity contribution >= 4 is 28.1 Å². The lowest BCUT2D eigenvalue weighted by Crippen LogP contribution is -2.18. The van der Waals surface area contributed by atoms with Crippen LogP contribution in [0.3, 0.4) is 0 Å². The minimum atomic E-state index is -4.34. The molecule has 0 aromatic heterocycles.